The first kappa shape index (κ1) is 9.83. The molecule has 0 saturated carbocycles. The molecule has 0 N–H and O–H groups in total. The molecule has 1 aromatic rings. The lowest BCUT2D eigenvalue weighted by molar-refractivity contribution is 0.150. The second-order valence-corrected chi connectivity index (χ2v) is 2.35. The maximum Gasteiger partial charge on any atom is 0.265 e. The molecule has 5 heteroatoms. The topological polar surface area (TPSA) is 22.1 Å². The second kappa shape index (κ2) is 4.11. The second-order valence-electron chi connectivity index (χ2n) is 2.35. The van der Waals surface area contributed by atoms with Crippen molar-refractivity contribution in [3.8, 4) is 5.75 Å². The molecule has 0 radical (unpaired) electrons. The van der Waals surface area contributed by atoms with Gasteiger partial charge in [0, 0.05) is 11.8 Å². The largest absolute Gasteiger partial charge is 0.495 e. The highest BCUT2D eigenvalue weighted by Gasteiger charge is 2.11. The molecule has 1 aromatic heterocycles. The van der Waals surface area contributed by atoms with E-state index in [0.29, 0.717) is 0 Å². The Labute approximate surface area is 73.4 Å². The van der Waals surface area contributed by atoms with E-state index < -0.39 is 13.1 Å². The Hall–Kier alpha value is -1.26. The van der Waals surface area contributed by atoms with E-state index in [1.165, 1.54) is 7.11 Å². The fourth-order valence-corrected chi connectivity index (χ4v) is 0.884. The van der Waals surface area contributed by atoms with Crippen LogP contribution in [0.5, 0.6) is 5.75 Å². The number of alkyl halides is 3. The van der Waals surface area contributed by atoms with Crippen molar-refractivity contribution in [2.24, 2.45) is 0 Å². The standard InChI is InChI=1S/C8H8F3NO/c1-13-7-2-5(8(10)11)4-12-6(7)3-9/h2,4,8H,3H2,1H3. The molecule has 72 valence electrons. The molecule has 0 atom stereocenters. The molecule has 13 heavy (non-hydrogen) atoms. The number of methoxy groups -OCH3 is 1. The zero-order valence-corrected chi connectivity index (χ0v) is 6.93. The summed E-state index contributed by atoms with van der Waals surface area (Å²) in [7, 11) is 1.28. The molecular weight excluding hydrogens is 183 g/mol. The van der Waals surface area contributed by atoms with Crippen LogP contribution < -0.4 is 4.74 Å². The van der Waals surface area contributed by atoms with Gasteiger partial charge < -0.3 is 4.74 Å². The highest BCUT2D eigenvalue weighted by Crippen LogP contribution is 2.24. The summed E-state index contributed by atoms with van der Waals surface area (Å²) in [6.07, 6.45) is -1.67. The van der Waals surface area contributed by atoms with Gasteiger partial charge in [0.1, 0.15) is 18.1 Å². The number of halogens is 3. The predicted molar refractivity (Wildman–Crippen MR) is 40.6 cm³/mol. The van der Waals surface area contributed by atoms with E-state index in [2.05, 4.69) is 4.98 Å². The average molecular weight is 191 g/mol. The van der Waals surface area contributed by atoms with Crippen molar-refractivity contribution in [2.75, 3.05) is 7.11 Å². The lowest BCUT2D eigenvalue weighted by Gasteiger charge is -2.06. The van der Waals surface area contributed by atoms with Gasteiger partial charge in [-0.3, -0.25) is 4.98 Å². The summed E-state index contributed by atoms with van der Waals surface area (Å²) in [6, 6.07) is 1.09. The molecule has 0 aromatic carbocycles. The van der Waals surface area contributed by atoms with Crippen molar-refractivity contribution in [3.05, 3.63) is 23.5 Å². The van der Waals surface area contributed by atoms with Gasteiger partial charge in [-0.25, -0.2) is 13.2 Å². The molecule has 0 aliphatic heterocycles. The fourth-order valence-electron chi connectivity index (χ4n) is 0.884. The van der Waals surface area contributed by atoms with Crippen molar-refractivity contribution in [1.82, 2.24) is 4.98 Å². The third-order valence-electron chi connectivity index (χ3n) is 1.55. The molecule has 1 rings (SSSR count). The molecule has 0 amide bonds. The maximum absolute atomic E-state index is 12.2. The number of aromatic nitrogens is 1. The summed E-state index contributed by atoms with van der Waals surface area (Å²) in [5, 5.41) is 0. The molecule has 2 nitrogen and oxygen atoms in total. The average Bonchev–Trinajstić information content (AvgIpc) is 2.16. The van der Waals surface area contributed by atoms with Crippen LogP contribution in [-0.2, 0) is 6.67 Å². The first-order valence-electron chi connectivity index (χ1n) is 3.56. The van der Waals surface area contributed by atoms with E-state index in [-0.39, 0.29) is 17.0 Å². The maximum atomic E-state index is 12.2. The van der Waals surface area contributed by atoms with E-state index in [1.54, 1.807) is 0 Å². The van der Waals surface area contributed by atoms with Crippen LogP contribution in [0.15, 0.2) is 12.3 Å². The van der Waals surface area contributed by atoms with Crippen molar-refractivity contribution in [1.29, 1.82) is 0 Å². The minimum Gasteiger partial charge on any atom is -0.495 e. The van der Waals surface area contributed by atoms with Gasteiger partial charge in [-0.05, 0) is 6.07 Å². The normalized spacial score (nSPS) is 10.5. The Bertz CT molecular complexity index is 291. The van der Waals surface area contributed by atoms with Gasteiger partial charge in [0.2, 0.25) is 0 Å². The Morgan fingerprint density at radius 3 is 2.69 bits per heavy atom. The fraction of sp³-hybridized carbons (Fsp3) is 0.375. The minimum atomic E-state index is -2.62. The highest BCUT2D eigenvalue weighted by atomic mass is 19.3. The van der Waals surface area contributed by atoms with Gasteiger partial charge >= 0.3 is 0 Å². The van der Waals surface area contributed by atoms with Gasteiger partial charge in [-0.1, -0.05) is 0 Å². The van der Waals surface area contributed by atoms with Crippen LogP contribution in [0.3, 0.4) is 0 Å². The van der Waals surface area contributed by atoms with Gasteiger partial charge in [0.15, 0.2) is 0 Å². The van der Waals surface area contributed by atoms with Crippen molar-refractivity contribution in [3.63, 3.8) is 0 Å². The number of ether oxygens (including phenoxy) is 1. The predicted octanol–water partition coefficient (Wildman–Crippen LogP) is 2.50. The zero-order chi connectivity index (χ0) is 9.84. The summed E-state index contributed by atoms with van der Waals surface area (Å²) < 4.78 is 41.1. The third-order valence-corrected chi connectivity index (χ3v) is 1.55. The Kier molecular flexibility index (Phi) is 3.11. The van der Waals surface area contributed by atoms with E-state index in [4.69, 9.17) is 4.74 Å². The zero-order valence-electron chi connectivity index (χ0n) is 6.93. The molecule has 0 aliphatic carbocycles. The molecule has 0 fully saturated rings. The molecular formula is C8H8F3NO. The summed E-state index contributed by atoms with van der Waals surface area (Å²) in [5.74, 6) is 0.0558. The van der Waals surface area contributed by atoms with Crippen LogP contribution in [0.1, 0.15) is 17.7 Å². The van der Waals surface area contributed by atoms with Crippen molar-refractivity contribution < 1.29 is 17.9 Å². The van der Waals surface area contributed by atoms with E-state index in [9.17, 15) is 13.2 Å². The van der Waals surface area contributed by atoms with Crippen LogP contribution in [0, 0.1) is 0 Å². The van der Waals surface area contributed by atoms with E-state index >= 15 is 0 Å². The quantitative estimate of drug-likeness (QED) is 0.732. The first-order chi connectivity index (χ1) is 6.19. The lowest BCUT2D eigenvalue weighted by atomic mass is 10.2. The van der Waals surface area contributed by atoms with Crippen LogP contribution in [0.25, 0.3) is 0 Å². The molecule has 0 bridgehead atoms. The summed E-state index contributed by atoms with van der Waals surface area (Å²) in [5.41, 5.74) is -0.235. The van der Waals surface area contributed by atoms with Crippen LogP contribution in [-0.4, -0.2) is 12.1 Å². The number of rotatable bonds is 3. The van der Waals surface area contributed by atoms with Crippen molar-refractivity contribution >= 4 is 0 Å². The number of hydrogen-bond acceptors (Lipinski definition) is 2. The minimum absolute atomic E-state index is 0.0342. The molecule has 0 unspecified atom stereocenters. The van der Waals surface area contributed by atoms with Crippen LogP contribution >= 0.6 is 0 Å². The van der Waals surface area contributed by atoms with E-state index in [1.807, 2.05) is 0 Å². The smallest absolute Gasteiger partial charge is 0.265 e. The Balaban J connectivity index is 3.05. The molecule has 0 saturated heterocycles. The monoisotopic (exact) mass is 191 g/mol. The van der Waals surface area contributed by atoms with Gasteiger partial charge in [-0.15, -0.1) is 0 Å². The summed E-state index contributed by atoms with van der Waals surface area (Å²) >= 11 is 0. The van der Waals surface area contributed by atoms with Gasteiger partial charge in [0.25, 0.3) is 6.43 Å². The van der Waals surface area contributed by atoms with Crippen LogP contribution in [0.4, 0.5) is 13.2 Å². The molecule has 1 heterocycles. The Morgan fingerprint density at radius 2 is 2.23 bits per heavy atom. The van der Waals surface area contributed by atoms with Gasteiger partial charge in [-0.2, -0.15) is 0 Å². The Morgan fingerprint density at radius 1 is 1.54 bits per heavy atom. The van der Waals surface area contributed by atoms with Crippen molar-refractivity contribution in [2.45, 2.75) is 13.1 Å². The lowest BCUT2D eigenvalue weighted by Crippen LogP contribution is -1.96. The summed E-state index contributed by atoms with van der Waals surface area (Å²) in [4.78, 5) is 3.51. The highest BCUT2D eigenvalue weighted by molar-refractivity contribution is 5.31. The number of hydrogen-bond donors (Lipinski definition) is 0. The number of pyridine rings is 1. The third kappa shape index (κ3) is 2.11. The first-order valence-corrected chi connectivity index (χ1v) is 3.56. The summed E-state index contributed by atoms with van der Waals surface area (Å²) in [6.45, 7) is -0.827. The number of nitrogens with zero attached hydrogens (tertiary/aromatic N) is 1. The molecule has 0 aliphatic rings. The van der Waals surface area contributed by atoms with Gasteiger partial charge in [0.05, 0.1) is 7.11 Å². The van der Waals surface area contributed by atoms with E-state index in [0.717, 1.165) is 12.3 Å². The SMILES string of the molecule is COc1cc(C(F)F)cnc1CF. The van der Waals surface area contributed by atoms with Crippen LogP contribution in [0.2, 0.25) is 0 Å². The molecule has 0 spiro atoms.